The molecule has 4 rings (SSSR count). The van der Waals surface area contributed by atoms with Gasteiger partial charge in [0.25, 0.3) is 0 Å². The van der Waals surface area contributed by atoms with Crippen molar-refractivity contribution in [3.8, 4) is 0 Å². The maximum absolute atomic E-state index is 13.9. The summed E-state index contributed by atoms with van der Waals surface area (Å²) in [5, 5.41) is 3.07. The minimum Gasteiger partial charge on any atom is -0.326 e. The molecule has 162 valence electrons. The highest BCUT2D eigenvalue weighted by Crippen LogP contribution is 2.34. The Morgan fingerprint density at radius 3 is 1.91 bits per heavy atom. The van der Waals surface area contributed by atoms with Gasteiger partial charge >= 0.3 is 0 Å². The summed E-state index contributed by atoms with van der Waals surface area (Å²) in [5.74, 6) is -1.04. The lowest BCUT2D eigenvalue weighted by Crippen LogP contribution is -2.41. The van der Waals surface area contributed by atoms with Crippen LogP contribution in [0.25, 0.3) is 0 Å². The summed E-state index contributed by atoms with van der Waals surface area (Å²) < 4.78 is 0. The van der Waals surface area contributed by atoms with Crippen molar-refractivity contribution in [1.29, 1.82) is 0 Å². The molecular weight excluding hydrogens is 396 g/mol. The van der Waals surface area contributed by atoms with Gasteiger partial charge in [0.1, 0.15) is 0 Å². The van der Waals surface area contributed by atoms with Crippen LogP contribution in [0, 0.1) is 25.7 Å². The van der Waals surface area contributed by atoms with E-state index in [-0.39, 0.29) is 11.8 Å². The molecule has 0 saturated heterocycles. The van der Waals surface area contributed by atoms with E-state index in [1.54, 1.807) is 4.90 Å². The van der Waals surface area contributed by atoms with Crippen molar-refractivity contribution in [2.75, 3.05) is 10.2 Å². The lowest BCUT2D eigenvalue weighted by Gasteiger charge is -2.32. The number of para-hydroxylation sites is 2. The molecule has 0 radical (unpaired) electrons. The quantitative estimate of drug-likeness (QED) is 0.497. The fourth-order valence-electron chi connectivity index (χ4n) is 4.28. The Kier molecular flexibility index (Phi) is 6.50. The number of carbonyl (C=O) groups is 2. The minimum atomic E-state index is -0.439. The first kappa shape index (κ1) is 21.6. The first-order valence-electron chi connectivity index (χ1n) is 11.0. The minimum absolute atomic E-state index is 0.0625. The Morgan fingerprint density at radius 2 is 1.34 bits per heavy atom. The number of anilines is 3. The van der Waals surface area contributed by atoms with Crippen molar-refractivity contribution in [3.63, 3.8) is 0 Å². The van der Waals surface area contributed by atoms with Crippen LogP contribution in [0.15, 0.2) is 91.0 Å². The third kappa shape index (κ3) is 4.65. The van der Waals surface area contributed by atoms with Crippen molar-refractivity contribution in [2.45, 2.75) is 26.7 Å². The maximum atomic E-state index is 13.9. The zero-order valence-corrected chi connectivity index (χ0v) is 18.5. The Morgan fingerprint density at radius 1 is 0.781 bits per heavy atom. The molecule has 1 aliphatic carbocycles. The van der Waals surface area contributed by atoms with Gasteiger partial charge in [-0.25, -0.2) is 0 Å². The van der Waals surface area contributed by atoms with Crippen molar-refractivity contribution in [2.24, 2.45) is 11.8 Å². The van der Waals surface area contributed by atoms with E-state index in [2.05, 4.69) is 5.32 Å². The van der Waals surface area contributed by atoms with Crippen molar-refractivity contribution in [1.82, 2.24) is 0 Å². The molecule has 0 aliphatic heterocycles. The lowest BCUT2D eigenvalue weighted by molar-refractivity contribution is -0.130. The molecule has 2 unspecified atom stereocenters. The van der Waals surface area contributed by atoms with Crippen molar-refractivity contribution >= 4 is 28.9 Å². The fourth-order valence-corrected chi connectivity index (χ4v) is 4.28. The van der Waals surface area contributed by atoms with Crippen LogP contribution in [0.3, 0.4) is 0 Å². The van der Waals surface area contributed by atoms with Crippen LogP contribution in [0.2, 0.25) is 0 Å². The molecule has 2 amide bonds. The van der Waals surface area contributed by atoms with Crippen LogP contribution in [-0.2, 0) is 9.59 Å². The molecule has 0 spiro atoms. The lowest BCUT2D eigenvalue weighted by atomic mass is 9.81. The number of benzene rings is 3. The summed E-state index contributed by atoms with van der Waals surface area (Å²) in [4.78, 5) is 28.9. The SMILES string of the molecule is Cc1ccc(NC(=O)C2CC=CCC2C(=O)N(c2ccccc2)c2ccccc2)c(C)c1. The second-order valence-electron chi connectivity index (χ2n) is 8.31. The number of nitrogens with zero attached hydrogens (tertiary/aromatic N) is 1. The van der Waals surface area contributed by atoms with Gasteiger partial charge in [0.2, 0.25) is 11.8 Å². The number of hydrogen-bond donors (Lipinski definition) is 1. The molecule has 32 heavy (non-hydrogen) atoms. The number of rotatable bonds is 5. The predicted octanol–water partition coefficient (Wildman–Crippen LogP) is 6.19. The zero-order valence-electron chi connectivity index (χ0n) is 18.5. The van der Waals surface area contributed by atoms with E-state index in [1.807, 2.05) is 105 Å². The summed E-state index contributed by atoms with van der Waals surface area (Å²) in [6, 6.07) is 25.2. The van der Waals surface area contributed by atoms with Gasteiger partial charge in [0, 0.05) is 17.1 Å². The molecule has 0 aromatic heterocycles. The summed E-state index contributed by atoms with van der Waals surface area (Å²) in [5.41, 5.74) is 4.56. The molecule has 1 aliphatic rings. The summed E-state index contributed by atoms with van der Waals surface area (Å²) >= 11 is 0. The molecule has 4 nitrogen and oxygen atoms in total. The molecule has 2 atom stereocenters. The van der Waals surface area contributed by atoms with E-state index in [0.29, 0.717) is 12.8 Å². The molecule has 3 aromatic carbocycles. The average Bonchev–Trinajstić information content (AvgIpc) is 2.82. The van der Waals surface area contributed by atoms with Crippen LogP contribution < -0.4 is 10.2 Å². The van der Waals surface area contributed by atoms with Gasteiger partial charge in [-0.3, -0.25) is 14.5 Å². The van der Waals surface area contributed by atoms with E-state index < -0.39 is 11.8 Å². The summed E-state index contributed by atoms with van der Waals surface area (Å²) in [6.45, 7) is 4.01. The van der Waals surface area contributed by atoms with Crippen molar-refractivity contribution < 1.29 is 9.59 Å². The van der Waals surface area contributed by atoms with Gasteiger partial charge < -0.3 is 5.32 Å². The third-order valence-corrected chi connectivity index (χ3v) is 5.98. The molecule has 3 aromatic rings. The van der Waals surface area contributed by atoms with Crippen LogP contribution >= 0.6 is 0 Å². The molecule has 0 saturated carbocycles. The Bertz CT molecular complexity index is 1080. The molecule has 1 N–H and O–H groups in total. The van der Waals surface area contributed by atoms with Gasteiger partial charge in [-0.05, 0) is 62.6 Å². The molecule has 4 heteroatoms. The van der Waals surface area contributed by atoms with Gasteiger partial charge in [-0.15, -0.1) is 0 Å². The molecule has 0 bridgehead atoms. The zero-order chi connectivity index (χ0) is 22.5. The van der Waals surface area contributed by atoms with Crippen LogP contribution in [0.4, 0.5) is 17.1 Å². The van der Waals surface area contributed by atoms with E-state index in [4.69, 9.17) is 0 Å². The Labute approximate surface area is 189 Å². The van der Waals surface area contributed by atoms with Crippen LogP contribution in [0.5, 0.6) is 0 Å². The third-order valence-electron chi connectivity index (χ3n) is 5.98. The Balaban J connectivity index is 1.63. The average molecular weight is 425 g/mol. The Hall–Kier alpha value is -3.66. The summed E-state index contributed by atoms with van der Waals surface area (Å²) in [7, 11) is 0. The highest BCUT2D eigenvalue weighted by Gasteiger charge is 2.37. The molecule has 0 heterocycles. The van der Waals surface area contributed by atoms with Crippen LogP contribution in [0.1, 0.15) is 24.0 Å². The van der Waals surface area contributed by atoms with Crippen LogP contribution in [-0.4, -0.2) is 11.8 Å². The van der Waals surface area contributed by atoms with Gasteiger partial charge in [-0.2, -0.15) is 0 Å². The van der Waals surface area contributed by atoms with E-state index in [9.17, 15) is 9.59 Å². The number of hydrogen-bond acceptors (Lipinski definition) is 2. The fraction of sp³-hybridized carbons (Fsp3) is 0.214. The van der Waals surface area contributed by atoms with E-state index >= 15 is 0 Å². The van der Waals surface area contributed by atoms with Gasteiger partial charge in [0.15, 0.2) is 0 Å². The highest BCUT2D eigenvalue weighted by atomic mass is 16.2. The van der Waals surface area contributed by atoms with E-state index in [1.165, 1.54) is 0 Å². The van der Waals surface area contributed by atoms with Gasteiger partial charge in [-0.1, -0.05) is 66.2 Å². The van der Waals surface area contributed by atoms with E-state index in [0.717, 1.165) is 28.2 Å². The number of aryl methyl sites for hydroxylation is 2. The molecular formula is C28H28N2O2. The highest BCUT2D eigenvalue weighted by molar-refractivity contribution is 6.05. The smallest absolute Gasteiger partial charge is 0.235 e. The van der Waals surface area contributed by atoms with Crippen molar-refractivity contribution in [3.05, 3.63) is 102 Å². The number of carbonyl (C=O) groups excluding carboxylic acids is 2. The number of amides is 2. The number of allylic oxidation sites excluding steroid dienone is 2. The molecule has 0 fully saturated rings. The number of nitrogens with one attached hydrogen (secondary N) is 1. The van der Waals surface area contributed by atoms with Gasteiger partial charge in [0.05, 0.1) is 11.8 Å². The first-order valence-corrected chi connectivity index (χ1v) is 11.0. The predicted molar refractivity (Wildman–Crippen MR) is 130 cm³/mol. The monoisotopic (exact) mass is 424 g/mol. The maximum Gasteiger partial charge on any atom is 0.235 e. The topological polar surface area (TPSA) is 49.4 Å². The first-order chi connectivity index (χ1) is 15.5. The second-order valence-corrected chi connectivity index (χ2v) is 8.31. The second kappa shape index (κ2) is 9.65. The summed E-state index contributed by atoms with van der Waals surface area (Å²) in [6.07, 6.45) is 5.10. The normalized spacial score (nSPS) is 17.6. The standard InChI is InChI=1S/C28H28N2O2/c1-20-17-18-26(21(2)19-20)29-27(31)24-15-9-10-16-25(24)28(32)30(22-11-5-3-6-12-22)23-13-7-4-8-14-23/h3-14,17-19,24-25H,15-16H2,1-2H3,(H,29,31). The largest absolute Gasteiger partial charge is 0.326 e.